The Kier molecular flexibility index (Phi) is 5.17. The normalized spacial score (nSPS) is 11.2. The molecular formula is C9H10ClNO2S3. The summed E-state index contributed by atoms with van der Waals surface area (Å²) in [5, 5.41) is 0.381. The van der Waals surface area contributed by atoms with Crippen LogP contribution in [0.3, 0.4) is 0 Å². The van der Waals surface area contributed by atoms with Crippen LogP contribution in [-0.4, -0.2) is 25.3 Å². The number of halogens is 1. The van der Waals surface area contributed by atoms with Crippen molar-refractivity contribution in [2.24, 2.45) is 4.40 Å². The molecule has 1 aromatic carbocycles. The van der Waals surface area contributed by atoms with Gasteiger partial charge in [0, 0.05) is 5.02 Å². The van der Waals surface area contributed by atoms with Gasteiger partial charge in [-0.15, -0.1) is 27.9 Å². The summed E-state index contributed by atoms with van der Waals surface area (Å²) in [6.45, 7) is 0. The Morgan fingerprint density at radius 2 is 1.94 bits per heavy atom. The molecule has 0 spiro atoms. The van der Waals surface area contributed by atoms with E-state index in [9.17, 15) is 8.42 Å². The molecule has 7 heteroatoms. The summed E-state index contributed by atoms with van der Waals surface area (Å²) in [6.07, 6.45) is 3.56. The Labute approximate surface area is 109 Å². The van der Waals surface area contributed by atoms with Gasteiger partial charge in [0.2, 0.25) is 0 Å². The standard InChI is InChI=1S/C9H10ClNO2S3/c1-14-9(15-2)11-16(12,13)8-5-3-4-7(10)6-8/h3-6H,1-2H3. The second kappa shape index (κ2) is 5.95. The summed E-state index contributed by atoms with van der Waals surface area (Å²) in [5.74, 6) is 0. The average molecular weight is 296 g/mol. The van der Waals surface area contributed by atoms with Crippen LogP contribution in [0.5, 0.6) is 0 Å². The largest absolute Gasteiger partial charge is 0.283 e. The lowest BCUT2D eigenvalue weighted by Crippen LogP contribution is -1.99. The van der Waals surface area contributed by atoms with Crippen LogP contribution in [0.15, 0.2) is 33.6 Å². The van der Waals surface area contributed by atoms with E-state index in [1.807, 2.05) is 0 Å². The smallest absolute Gasteiger partial charge is 0.199 e. The molecule has 0 aliphatic carbocycles. The zero-order valence-electron chi connectivity index (χ0n) is 8.68. The maximum atomic E-state index is 11.8. The molecule has 0 aliphatic heterocycles. The van der Waals surface area contributed by atoms with E-state index in [1.165, 1.54) is 35.7 Å². The fourth-order valence-corrected chi connectivity index (χ4v) is 3.87. The summed E-state index contributed by atoms with van der Waals surface area (Å²) in [4.78, 5) is 0.112. The quantitative estimate of drug-likeness (QED) is 0.621. The predicted octanol–water partition coefficient (Wildman–Crippen LogP) is 3.11. The van der Waals surface area contributed by atoms with Gasteiger partial charge in [0.25, 0.3) is 10.0 Å². The van der Waals surface area contributed by atoms with Gasteiger partial charge in [-0.1, -0.05) is 17.7 Å². The fourth-order valence-electron chi connectivity index (χ4n) is 0.936. The van der Waals surface area contributed by atoms with Crippen LogP contribution in [0.4, 0.5) is 0 Å². The van der Waals surface area contributed by atoms with Gasteiger partial charge in [0.05, 0.1) is 4.90 Å². The van der Waals surface area contributed by atoms with E-state index in [2.05, 4.69) is 4.40 Å². The van der Waals surface area contributed by atoms with Crippen molar-refractivity contribution in [2.45, 2.75) is 4.90 Å². The van der Waals surface area contributed by atoms with Crippen molar-refractivity contribution < 1.29 is 8.42 Å². The minimum atomic E-state index is -3.64. The van der Waals surface area contributed by atoms with Crippen LogP contribution >= 0.6 is 35.1 Å². The van der Waals surface area contributed by atoms with Crippen molar-refractivity contribution >= 4 is 49.5 Å². The maximum absolute atomic E-state index is 11.8. The molecule has 0 saturated heterocycles. The molecule has 0 aromatic heterocycles. The average Bonchev–Trinajstić information content (AvgIpc) is 2.26. The van der Waals surface area contributed by atoms with Gasteiger partial charge in [-0.2, -0.15) is 8.42 Å². The molecule has 3 nitrogen and oxygen atoms in total. The monoisotopic (exact) mass is 295 g/mol. The number of hydrogen-bond acceptors (Lipinski definition) is 4. The van der Waals surface area contributed by atoms with Crippen molar-refractivity contribution in [2.75, 3.05) is 12.5 Å². The third-order valence-corrected chi connectivity index (χ3v) is 5.26. The zero-order valence-corrected chi connectivity index (χ0v) is 11.9. The lowest BCUT2D eigenvalue weighted by atomic mass is 10.4. The summed E-state index contributed by atoms with van der Waals surface area (Å²) >= 11 is 8.32. The molecule has 0 radical (unpaired) electrons. The molecule has 0 heterocycles. The number of nitrogens with zero attached hydrogens (tertiary/aromatic N) is 1. The minimum absolute atomic E-state index is 0.112. The molecule has 1 aromatic rings. The summed E-state index contributed by atoms with van der Waals surface area (Å²) in [7, 11) is -3.64. The Morgan fingerprint density at radius 1 is 1.31 bits per heavy atom. The van der Waals surface area contributed by atoms with Gasteiger partial charge in [-0.05, 0) is 30.7 Å². The highest BCUT2D eigenvalue weighted by atomic mass is 35.5. The first kappa shape index (κ1) is 13.9. The Balaban J connectivity index is 3.17. The summed E-state index contributed by atoms with van der Waals surface area (Å²) < 4.78 is 27.9. The second-order valence-electron chi connectivity index (χ2n) is 2.70. The van der Waals surface area contributed by atoms with Crippen molar-refractivity contribution in [3.63, 3.8) is 0 Å². The molecular weight excluding hydrogens is 286 g/mol. The molecule has 0 unspecified atom stereocenters. The van der Waals surface area contributed by atoms with Gasteiger partial charge in [-0.3, -0.25) is 0 Å². The SMILES string of the molecule is CSC(=NS(=O)(=O)c1cccc(Cl)c1)SC. The Hall–Kier alpha value is -0.170. The van der Waals surface area contributed by atoms with E-state index in [1.54, 1.807) is 24.6 Å². The van der Waals surface area contributed by atoms with E-state index < -0.39 is 10.0 Å². The van der Waals surface area contributed by atoms with Gasteiger partial charge >= 0.3 is 0 Å². The summed E-state index contributed by atoms with van der Waals surface area (Å²) in [5.41, 5.74) is 0. The second-order valence-corrected chi connectivity index (χ2v) is 6.59. The number of sulfonamides is 1. The highest BCUT2D eigenvalue weighted by Gasteiger charge is 2.14. The first-order valence-corrected chi connectivity index (χ1v) is 8.45. The van der Waals surface area contributed by atoms with Gasteiger partial charge in [0.15, 0.2) is 0 Å². The van der Waals surface area contributed by atoms with E-state index in [0.29, 0.717) is 9.40 Å². The molecule has 0 amide bonds. The zero-order chi connectivity index (χ0) is 12.2. The lowest BCUT2D eigenvalue weighted by Gasteiger charge is -2.01. The lowest BCUT2D eigenvalue weighted by molar-refractivity contribution is 0.598. The van der Waals surface area contributed by atoms with Gasteiger partial charge in [0.1, 0.15) is 4.38 Å². The molecule has 0 bridgehead atoms. The van der Waals surface area contributed by atoms with Crippen LogP contribution in [0.25, 0.3) is 0 Å². The fraction of sp³-hybridized carbons (Fsp3) is 0.222. The van der Waals surface area contributed by atoms with E-state index >= 15 is 0 Å². The number of thioether (sulfide) groups is 2. The van der Waals surface area contributed by atoms with Gasteiger partial charge in [-0.25, -0.2) is 0 Å². The molecule has 1 rings (SSSR count). The highest BCUT2D eigenvalue weighted by Crippen LogP contribution is 2.20. The molecule has 0 atom stereocenters. The third kappa shape index (κ3) is 3.69. The van der Waals surface area contributed by atoms with Crippen molar-refractivity contribution in [3.8, 4) is 0 Å². The Bertz CT molecular complexity index is 493. The molecule has 16 heavy (non-hydrogen) atoms. The number of hydrogen-bond donors (Lipinski definition) is 0. The summed E-state index contributed by atoms with van der Waals surface area (Å²) in [6, 6.07) is 6.07. The number of rotatable bonds is 2. The first-order valence-electron chi connectivity index (χ1n) is 4.18. The van der Waals surface area contributed by atoms with Gasteiger partial charge < -0.3 is 0 Å². The molecule has 0 N–H and O–H groups in total. The van der Waals surface area contributed by atoms with Crippen LogP contribution in [0.2, 0.25) is 5.02 Å². The van der Waals surface area contributed by atoms with Crippen LogP contribution in [-0.2, 0) is 10.0 Å². The van der Waals surface area contributed by atoms with E-state index in [-0.39, 0.29) is 4.90 Å². The number of benzene rings is 1. The van der Waals surface area contributed by atoms with Crippen molar-refractivity contribution in [1.82, 2.24) is 0 Å². The minimum Gasteiger partial charge on any atom is -0.199 e. The maximum Gasteiger partial charge on any atom is 0.283 e. The van der Waals surface area contributed by atoms with Crippen LogP contribution < -0.4 is 0 Å². The van der Waals surface area contributed by atoms with E-state index in [4.69, 9.17) is 11.6 Å². The van der Waals surface area contributed by atoms with Crippen molar-refractivity contribution in [3.05, 3.63) is 29.3 Å². The highest BCUT2D eigenvalue weighted by molar-refractivity contribution is 8.38. The van der Waals surface area contributed by atoms with Crippen LogP contribution in [0, 0.1) is 0 Å². The molecule has 88 valence electrons. The molecule has 0 aliphatic rings. The Morgan fingerprint density at radius 3 is 2.44 bits per heavy atom. The predicted molar refractivity (Wildman–Crippen MR) is 73.1 cm³/mol. The van der Waals surface area contributed by atoms with Crippen LogP contribution in [0.1, 0.15) is 0 Å². The third-order valence-electron chi connectivity index (χ3n) is 1.64. The van der Waals surface area contributed by atoms with E-state index in [0.717, 1.165) is 0 Å². The van der Waals surface area contributed by atoms with Crippen molar-refractivity contribution in [1.29, 1.82) is 0 Å². The molecule has 0 saturated carbocycles. The molecule has 0 fully saturated rings. The topological polar surface area (TPSA) is 46.5 Å². The first-order chi connectivity index (χ1) is 7.49.